The van der Waals surface area contributed by atoms with E-state index in [2.05, 4.69) is 20.8 Å². The highest BCUT2D eigenvalue weighted by molar-refractivity contribution is 5.84. The molecule has 0 spiro atoms. The van der Waals surface area contributed by atoms with Crippen LogP contribution in [0.2, 0.25) is 0 Å². The standard InChI is InChI=1S/C16H29N5O2/c1-16(2,3)23-15(22)20-14-12(10-19-21-14)9-18-13-7-5-4-6-11(13)8-17/h10-11,13,18H,4-9,17H2,1-3H3,(H2,19,20,21,22). The van der Waals surface area contributed by atoms with Gasteiger partial charge in [0, 0.05) is 18.2 Å². The lowest BCUT2D eigenvalue weighted by Gasteiger charge is -2.31. The van der Waals surface area contributed by atoms with E-state index >= 15 is 0 Å². The third kappa shape index (κ3) is 5.51. The maximum absolute atomic E-state index is 11.9. The molecule has 7 nitrogen and oxygen atoms in total. The highest BCUT2D eigenvalue weighted by Crippen LogP contribution is 2.24. The third-order valence-corrected chi connectivity index (χ3v) is 4.11. The van der Waals surface area contributed by atoms with Gasteiger partial charge in [0.15, 0.2) is 0 Å². The van der Waals surface area contributed by atoms with Gasteiger partial charge in [0.05, 0.1) is 6.20 Å². The summed E-state index contributed by atoms with van der Waals surface area (Å²) >= 11 is 0. The van der Waals surface area contributed by atoms with Gasteiger partial charge in [0.1, 0.15) is 11.4 Å². The number of ether oxygens (including phenoxy) is 1. The van der Waals surface area contributed by atoms with Crippen molar-refractivity contribution in [2.24, 2.45) is 11.7 Å². The molecule has 0 aromatic carbocycles. The molecule has 1 aromatic heterocycles. The fraction of sp³-hybridized carbons (Fsp3) is 0.750. The first-order chi connectivity index (χ1) is 10.9. The number of amides is 1. The SMILES string of the molecule is CC(C)(C)OC(=O)Nc1[nH]ncc1CNC1CCCCC1CN. The van der Waals surface area contributed by atoms with Gasteiger partial charge in [-0.05, 0) is 46.1 Å². The topological polar surface area (TPSA) is 105 Å². The summed E-state index contributed by atoms with van der Waals surface area (Å²) in [5, 5.41) is 13.1. The van der Waals surface area contributed by atoms with E-state index in [0.29, 0.717) is 30.9 Å². The van der Waals surface area contributed by atoms with Gasteiger partial charge in [-0.2, -0.15) is 5.10 Å². The molecule has 130 valence electrons. The summed E-state index contributed by atoms with van der Waals surface area (Å²) in [5.41, 5.74) is 6.25. The number of carbonyl (C=O) groups is 1. The van der Waals surface area contributed by atoms with Crippen molar-refractivity contribution in [3.63, 3.8) is 0 Å². The third-order valence-electron chi connectivity index (χ3n) is 4.11. The Bertz CT molecular complexity index is 509. The predicted octanol–water partition coefficient (Wildman–Crippen LogP) is 2.36. The molecule has 1 saturated carbocycles. The molecule has 2 unspecified atom stereocenters. The molecule has 1 amide bonds. The smallest absolute Gasteiger partial charge is 0.413 e. The van der Waals surface area contributed by atoms with E-state index in [1.807, 2.05) is 20.8 Å². The van der Waals surface area contributed by atoms with Gasteiger partial charge in [0.25, 0.3) is 0 Å². The second-order valence-corrected chi connectivity index (χ2v) is 7.16. The quantitative estimate of drug-likeness (QED) is 0.666. The van der Waals surface area contributed by atoms with Crippen LogP contribution in [0.15, 0.2) is 6.20 Å². The molecule has 1 fully saturated rings. The summed E-state index contributed by atoms with van der Waals surface area (Å²) in [6, 6.07) is 0.429. The number of nitrogens with zero attached hydrogens (tertiary/aromatic N) is 1. The van der Waals surface area contributed by atoms with Crippen molar-refractivity contribution in [3.05, 3.63) is 11.8 Å². The molecule has 2 rings (SSSR count). The zero-order valence-corrected chi connectivity index (χ0v) is 14.3. The summed E-state index contributed by atoms with van der Waals surface area (Å²) < 4.78 is 5.26. The van der Waals surface area contributed by atoms with E-state index < -0.39 is 11.7 Å². The Morgan fingerprint density at radius 3 is 2.87 bits per heavy atom. The van der Waals surface area contributed by atoms with Gasteiger partial charge in [0.2, 0.25) is 0 Å². The summed E-state index contributed by atoms with van der Waals surface area (Å²) in [6.45, 7) is 6.85. The van der Waals surface area contributed by atoms with Gasteiger partial charge < -0.3 is 15.8 Å². The van der Waals surface area contributed by atoms with Crippen molar-refractivity contribution < 1.29 is 9.53 Å². The number of aromatic amines is 1. The molecule has 0 aliphatic heterocycles. The van der Waals surface area contributed by atoms with Crippen LogP contribution >= 0.6 is 0 Å². The number of aromatic nitrogens is 2. The lowest BCUT2D eigenvalue weighted by molar-refractivity contribution is 0.0635. The van der Waals surface area contributed by atoms with Crippen LogP contribution < -0.4 is 16.4 Å². The van der Waals surface area contributed by atoms with Crippen molar-refractivity contribution in [1.29, 1.82) is 0 Å². The fourth-order valence-electron chi connectivity index (χ4n) is 2.96. The van der Waals surface area contributed by atoms with Crippen molar-refractivity contribution in [2.75, 3.05) is 11.9 Å². The average Bonchev–Trinajstić information content (AvgIpc) is 2.90. The zero-order valence-electron chi connectivity index (χ0n) is 14.3. The van der Waals surface area contributed by atoms with Crippen LogP contribution in [-0.4, -0.2) is 34.5 Å². The van der Waals surface area contributed by atoms with E-state index in [1.54, 1.807) is 6.20 Å². The number of carbonyl (C=O) groups excluding carboxylic acids is 1. The highest BCUT2D eigenvalue weighted by atomic mass is 16.6. The van der Waals surface area contributed by atoms with Crippen molar-refractivity contribution >= 4 is 11.9 Å². The Morgan fingerprint density at radius 2 is 2.17 bits per heavy atom. The van der Waals surface area contributed by atoms with E-state index in [0.717, 1.165) is 12.0 Å². The number of nitrogens with one attached hydrogen (secondary N) is 3. The van der Waals surface area contributed by atoms with Crippen molar-refractivity contribution in [2.45, 2.75) is 64.6 Å². The van der Waals surface area contributed by atoms with Crippen molar-refractivity contribution in [3.8, 4) is 0 Å². The zero-order chi connectivity index (χ0) is 16.9. The fourth-order valence-corrected chi connectivity index (χ4v) is 2.96. The molecule has 1 aromatic rings. The molecule has 23 heavy (non-hydrogen) atoms. The maximum atomic E-state index is 11.9. The number of H-pyrrole nitrogens is 1. The first-order valence-electron chi connectivity index (χ1n) is 8.34. The monoisotopic (exact) mass is 323 g/mol. The van der Waals surface area contributed by atoms with Gasteiger partial charge in [-0.25, -0.2) is 4.79 Å². The van der Waals surface area contributed by atoms with Crippen LogP contribution in [-0.2, 0) is 11.3 Å². The number of nitrogens with two attached hydrogens (primary N) is 1. The second kappa shape index (κ2) is 7.79. The van der Waals surface area contributed by atoms with E-state index in [9.17, 15) is 4.79 Å². The Balaban J connectivity index is 1.89. The molecular formula is C16H29N5O2. The van der Waals surface area contributed by atoms with Crippen LogP contribution in [0.1, 0.15) is 52.0 Å². The maximum Gasteiger partial charge on any atom is 0.413 e. The van der Waals surface area contributed by atoms with Gasteiger partial charge in [-0.1, -0.05) is 12.8 Å². The first-order valence-corrected chi connectivity index (χ1v) is 8.34. The van der Waals surface area contributed by atoms with Crippen molar-refractivity contribution in [1.82, 2.24) is 15.5 Å². The minimum atomic E-state index is -0.529. The predicted molar refractivity (Wildman–Crippen MR) is 90.1 cm³/mol. The molecule has 5 N–H and O–H groups in total. The Kier molecular flexibility index (Phi) is 6.01. The molecule has 0 radical (unpaired) electrons. The first kappa shape index (κ1) is 17.7. The number of anilines is 1. The summed E-state index contributed by atoms with van der Waals surface area (Å²) in [4.78, 5) is 11.9. The molecular weight excluding hydrogens is 294 g/mol. The molecule has 1 heterocycles. The summed E-state index contributed by atoms with van der Waals surface area (Å²) in [6.07, 6.45) is 6.07. The second-order valence-electron chi connectivity index (χ2n) is 7.16. The highest BCUT2D eigenvalue weighted by Gasteiger charge is 2.24. The number of hydrogen-bond donors (Lipinski definition) is 4. The Hall–Kier alpha value is -1.60. The average molecular weight is 323 g/mol. The minimum Gasteiger partial charge on any atom is -0.444 e. The van der Waals surface area contributed by atoms with E-state index in [1.165, 1.54) is 19.3 Å². The molecule has 1 aliphatic carbocycles. The van der Waals surface area contributed by atoms with Gasteiger partial charge >= 0.3 is 6.09 Å². The van der Waals surface area contributed by atoms with Crippen LogP contribution in [0.25, 0.3) is 0 Å². The molecule has 1 aliphatic rings. The molecule has 7 heteroatoms. The van der Waals surface area contributed by atoms with Crippen LogP contribution in [0, 0.1) is 5.92 Å². The van der Waals surface area contributed by atoms with Gasteiger partial charge in [-0.15, -0.1) is 0 Å². The minimum absolute atomic E-state index is 0.429. The van der Waals surface area contributed by atoms with E-state index in [4.69, 9.17) is 10.5 Å². The lowest BCUT2D eigenvalue weighted by Crippen LogP contribution is -2.41. The summed E-state index contributed by atoms with van der Waals surface area (Å²) in [7, 11) is 0. The molecule has 0 bridgehead atoms. The summed E-state index contributed by atoms with van der Waals surface area (Å²) in [5.74, 6) is 1.10. The Morgan fingerprint density at radius 1 is 1.43 bits per heavy atom. The normalized spacial score (nSPS) is 21.9. The number of hydrogen-bond acceptors (Lipinski definition) is 5. The molecule has 2 atom stereocenters. The number of rotatable bonds is 5. The van der Waals surface area contributed by atoms with Crippen LogP contribution in [0.4, 0.5) is 10.6 Å². The lowest BCUT2D eigenvalue weighted by atomic mass is 9.84. The van der Waals surface area contributed by atoms with Crippen LogP contribution in [0.3, 0.4) is 0 Å². The largest absolute Gasteiger partial charge is 0.444 e. The van der Waals surface area contributed by atoms with Gasteiger partial charge in [-0.3, -0.25) is 10.4 Å². The van der Waals surface area contributed by atoms with E-state index in [-0.39, 0.29) is 0 Å². The van der Waals surface area contributed by atoms with Crippen LogP contribution in [0.5, 0.6) is 0 Å². The Labute approximate surface area is 137 Å². The molecule has 0 saturated heterocycles.